The molecule has 2 amide bonds. The number of esters is 1. The summed E-state index contributed by atoms with van der Waals surface area (Å²) in [7, 11) is 0. The van der Waals surface area contributed by atoms with E-state index in [9.17, 15) is 23.2 Å². The van der Waals surface area contributed by atoms with E-state index in [0.29, 0.717) is 11.3 Å². The SMILES string of the molecule is CCOC(=O)c1ccc(N2C(=O)C[C@H](Nc3ccc(F)c(F)c3)C2=O)cc1. The van der Waals surface area contributed by atoms with Crippen LogP contribution in [-0.2, 0) is 14.3 Å². The Morgan fingerprint density at radius 1 is 1.15 bits per heavy atom. The first-order valence-electron chi connectivity index (χ1n) is 8.26. The fourth-order valence-electron chi connectivity index (χ4n) is 2.76. The van der Waals surface area contributed by atoms with Crippen LogP contribution in [0, 0.1) is 11.6 Å². The number of carbonyl (C=O) groups is 3. The highest BCUT2D eigenvalue weighted by Crippen LogP contribution is 2.26. The number of nitrogens with zero attached hydrogens (tertiary/aromatic N) is 1. The molecule has 2 aromatic rings. The predicted octanol–water partition coefficient (Wildman–Crippen LogP) is 2.89. The van der Waals surface area contributed by atoms with Gasteiger partial charge in [0.1, 0.15) is 6.04 Å². The van der Waals surface area contributed by atoms with Crippen molar-refractivity contribution in [3.05, 3.63) is 59.7 Å². The largest absolute Gasteiger partial charge is 0.462 e. The number of imide groups is 1. The number of hydrogen-bond donors (Lipinski definition) is 1. The molecule has 2 aromatic carbocycles. The van der Waals surface area contributed by atoms with E-state index in [2.05, 4.69) is 5.32 Å². The average Bonchev–Trinajstić information content (AvgIpc) is 2.92. The lowest BCUT2D eigenvalue weighted by molar-refractivity contribution is -0.121. The molecule has 1 heterocycles. The number of anilines is 2. The van der Waals surface area contributed by atoms with E-state index in [1.807, 2.05) is 0 Å². The van der Waals surface area contributed by atoms with Crippen LogP contribution in [0.2, 0.25) is 0 Å². The number of carbonyl (C=O) groups excluding carboxylic acids is 3. The number of nitrogens with one attached hydrogen (secondary N) is 1. The summed E-state index contributed by atoms with van der Waals surface area (Å²) >= 11 is 0. The fraction of sp³-hybridized carbons (Fsp3) is 0.211. The first kappa shape index (κ1) is 18.5. The summed E-state index contributed by atoms with van der Waals surface area (Å²) in [6.45, 7) is 1.93. The maximum absolute atomic E-state index is 13.3. The molecule has 140 valence electrons. The molecule has 1 saturated heterocycles. The zero-order valence-electron chi connectivity index (χ0n) is 14.4. The van der Waals surface area contributed by atoms with Crippen LogP contribution in [0.25, 0.3) is 0 Å². The maximum atomic E-state index is 13.3. The molecule has 1 aliphatic heterocycles. The Hall–Kier alpha value is -3.29. The lowest BCUT2D eigenvalue weighted by atomic mass is 10.2. The van der Waals surface area contributed by atoms with Gasteiger partial charge < -0.3 is 10.1 Å². The van der Waals surface area contributed by atoms with E-state index in [4.69, 9.17) is 4.74 Å². The van der Waals surface area contributed by atoms with Gasteiger partial charge in [0.05, 0.1) is 24.3 Å². The molecule has 1 atom stereocenters. The summed E-state index contributed by atoms with van der Waals surface area (Å²) in [5, 5.41) is 2.74. The second kappa shape index (κ2) is 7.53. The molecule has 0 aliphatic carbocycles. The number of halogens is 2. The molecule has 0 spiro atoms. The monoisotopic (exact) mass is 374 g/mol. The first-order valence-corrected chi connectivity index (χ1v) is 8.26. The van der Waals surface area contributed by atoms with Crippen molar-refractivity contribution in [1.82, 2.24) is 0 Å². The van der Waals surface area contributed by atoms with Crippen molar-refractivity contribution in [1.29, 1.82) is 0 Å². The van der Waals surface area contributed by atoms with Gasteiger partial charge in [0.25, 0.3) is 5.91 Å². The fourth-order valence-corrected chi connectivity index (χ4v) is 2.76. The summed E-state index contributed by atoms with van der Waals surface area (Å²) < 4.78 is 31.2. The molecule has 0 bridgehead atoms. The number of amides is 2. The highest BCUT2D eigenvalue weighted by atomic mass is 19.2. The third-order valence-electron chi connectivity index (χ3n) is 4.04. The Kier molecular flexibility index (Phi) is 5.16. The van der Waals surface area contributed by atoms with Gasteiger partial charge in [0.15, 0.2) is 11.6 Å². The Labute approximate surface area is 153 Å². The van der Waals surface area contributed by atoms with E-state index < -0.39 is 35.5 Å². The van der Waals surface area contributed by atoms with Gasteiger partial charge >= 0.3 is 5.97 Å². The third-order valence-corrected chi connectivity index (χ3v) is 4.04. The van der Waals surface area contributed by atoms with Crippen LogP contribution in [0.1, 0.15) is 23.7 Å². The summed E-state index contributed by atoms with van der Waals surface area (Å²) in [5.74, 6) is -3.51. The van der Waals surface area contributed by atoms with Crippen molar-refractivity contribution < 1.29 is 27.9 Å². The average molecular weight is 374 g/mol. The smallest absolute Gasteiger partial charge is 0.338 e. The lowest BCUT2D eigenvalue weighted by Crippen LogP contribution is -2.34. The zero-order valence-corrected chi connectivity index (χ0v) is 14.4. The van der Waals surface area contributed by atoms with Gasteiger partial charge in [-0.05, 0) is 43.3 Å². The standard InChI is InChI=1S/C19H16F2N2O4/c1-2-27-19(26)11-3-6-13(7-4-11)23-17(24)10-16(18(23)25)22-12-5-8-14(20)15(21)9-12/h3-9,16,22H,2,10H2,1H3/t16-/m0/s1. The quantitative estimate of drug-likeness (QED) is 0.643. The first-order chi connectivity index (χ1) is 12.9. The normalized spacial score (nSPS) is 16.6. The summed E-state index contributed by atoms with van der Waals surface area (Å²) in [4.78, 5) is 37.5. The van der Waals surface area contributed by atoms with Crippen LogP contribution < -0.4 is 10.2 Å². The Balaban J connectivity index is 1.75. The van der Waals surface area contributed by atoms with Gasteiger partial charge in [-0.3, -0.25) is 9.59 Å². The summed E-state index contributed by atoms with van der Waals surface area (Å²) in [5.41, 5.74) is 0.809. The number of ether oxygens (including phenoxy) is 1. The van der Waals surface area contributed by atoms with E-state index in [1.54, 1.807) is 6.92 Å². The van der Waals surface area contributed by atoms with Gasteiger partial charge in [0, 0.05) is 11.8 Å². The summed E-state index contributed by atoms with van der Waals surface area (Å²) in [6.07, 6.45) is -0.128. The van der Waals surface area contributed by atoms with Crippen molar-refractivity contribution in [2.75, 3.05) is 16.8 Å². The van der Waals surface area contributed by atoms with Crippen LogP contribution in [0.3, 0.4) is 0 Å². The van der Waals surface area contributed by atoms with Crippen molar-refractivity contribution in [3.8, 4) is 0 Å². The van der Waals surface area contributed by atoms with Gasteiger partial charge in [-0.1, -0.05) is 0 Å². The minimum absolute atomic E-state index is 0.128. The highest BCUT2D eigenvalue weighted by molar-refractivity contribution is 6.23. The topological polar surface area (TPSA) is 75.7 Å². The van der Waals surface area contributed by atoms with Crippen LogP contribution in [-0.4, -0.2) is 30.4 Å². The number of hydrogen-bond acceptors (Lipinski definition) is 5. The second-order valence-electron chi connectivity index (χ2n) is 5.86. The van der Waals surface area contributed by atoms with E-state index in [0.717, 1.165) is 17.0 Å². The van der Waals surface area contributed by atoms with Crippen molar-refractivity contribution in [2.24, 2.45) is 0 Å². The number of rotatable bonds is 5. The molecular formula is C19H16F2N2O4. The van der Waals surface area contributed by atoms with Gasteiger partial charge in [0.2, 0.25) is 5.91 Å². The Morgan fingerprint density at radius 2 is 1.85 bits per heavy atom. The van der Waals surface area contributed by atoms with Crippen LogP contribution in [0.15, 0.2) is 42.5 Å². The Morgan fingerprint density at radius 3 is 2.48 bits per heavy atom. The minimum Gasteiger partial charge on any atom is -0.462 e. The molecule has 6 nitrogen and oxygen atoms in total. The van der Waals surface area contributed by atoms with Crippen LogP contribution in [0.4, 0.5) is 20.2 Å². The summed E-state index contributed by atoms with van der Waals surface area (Å²) in [6, 6.07) is 8.12. The maximum Gasteiger partial charge on any atom is 0.338 e. The molecule has 0 aromatic heterocycles. The Bertz CT molecular complexity index is 899. The molecule has 1 fully saturated rings. The van der Waals surface area contributed by atoms with Crippen molar-refractivity contribution in [2.45, 2.75) is 19.4 Å². The molecule has 27 heavy (non-hydrogen) atoms. The van der Waals surface area contributed by atoms with E-state index in [-0.39, 0.29) is 18.7 Å². The van der Waals surface area contributed by atoms with Crippen molar-refractivity contribution in [3.63, 3.8) is 0 Å². The molecule has 0 saturated carbocycles. The highest BCUT2D eigenvalue weighted by Gasteiger charge is 2.39. The molecule has 0 unspecified atom stereocenters. The zero-order chi connectivity index (χ0) is 19.6. The molecule has 1 aliphatic rings. The molecule has 3 rings (SSSR count). The second-order valence-corrected chi connectivity index (χ2v) is 5.86. The van der Waals surface area contributed by atoms with Gasteiger partial charge in [-0.2, -0.15) is 0 Å². The van der Waals surface area contributed by atoms with Crippen LogP contribution in [0.5, 0.6) is 0 Å². The third kappa shape index (κ3) is 3.79. The molecule has 8 heteroatoms. The van der Waals surface area contributed by atoms with Crippen molar-refractivity contribution >= 4 is 29.2 Å². The molecule has 0 radical (unpaired) electrons. The van der Waals surface area contributed by atoms with E-state index in [1.165, 1.54) is 30.3 Å². The molecular weight excluding hydrogens is 358 g/mol. The van der Waals surface area contributed by atoms with Gasteiger partial charge in [-0.15, -0.1) is 0 Å². The number of benzene rings is 2. The van der Waals surface area contributed by atoms with E-state index >= 15 is 0 Å². The van der Waals surface area contributed by atoms with Gasteiger partial charge in [-0.25, -0.2) is 18.5 Å². The lowest BCUT2D eigenvalue weighted by Gasteiger charge is -2.16. The predicted molar refractivity (Wildman–Crippen MR) is 93.3 cm³/mol. The molecule has 1 N–H and O–H groups in total. The minimum atomic E-state index is -1.05. The van der Waals surface area contributed by atoms with Crippen LogP contribution >= 0.6 is 0 Å².